The van der Waals surface area contributed by atoms with Crippen molar-refractivity contribution in [1.82, 2.24) is 19.7 Å². The van der Waals surface area contributed by atoms with E-state index in [4.69, 9.17) is 4.98 Å². The molecule has 0 unspecified atom stereocenters. The maximum atomic E-state index is 4.73. The van der Waals surface area contributed by atoms with Crippen LogP contribution < -0.4 is 5.32 Å². The van der Waals surface area contributed by atoms with Gasteiger partial charge in [-0.2, -0.15) is 5.10 Å². The molecule has 0 saturated heterocycles. The van der Waals surface area contributed by atoms with Gasteiger partial charge in [-0.1, -0.05) is 20.8 Å². The molecule has 2 aromatic rings. The van der Waals surface area contributed by atoms with Crippen LogP contribution in [0.3, 0.4) is 0 Å². The van der Waals surface area contributed by atoms with Crippen LogP contribution in [0.1, 0.15) is 39.1 Å². The Hall–Kier alpha value is -1.91. The molecule has 0 fully saturated rings. The second-order valence-corrected chi connectivity index (χ2v) is 6.01. The van der Waals surface area contributed by atoms with E-state index >= 15 is 0 Å². The fourth-order valence-corrected chi connectivity index (χ4v) is 1.94. The number of nitrogens with zero attached hydrogens (tertiary/aromatic N) is 4. The van der Waals surface area contributed by atoms with E-state index in [9.17, 15) is 0 Å². The maximum Gasteiger partial charge on any atom is 0.165 e. The lowest BCUT2D eigenvalue weighted by Crippen LogP contribution is -2.16. The fraction of sp³-hybridized carbons (Fsp3) is 0.533. The van der Waals surface area contributed by atoms with Crippen LogP contribution in [0.2, 0.25) is 0 Å². The molecule has 0 saturated carbocycles. The lowest BCUT2D eigenvalue weighted by Gasteiger charge is -2.19. The third kappa shape index (κ3) is 2.81. The Labute approximate surface area is 120 Å². The van der Waals surface area contributed by atoms with Crippen LogP contribution in [-0.2, 0) is 12.5 Å². The Balaban J connectivity index is 2.58. The predicted octanol–water partition coefficient (Wildman–Crippen LogP) is 2.91. The lowest BCUT2D eigenvalue weighted by molar-refractivity contribution is 0.568. The SMILES string of the molecule is CCNc1cc(C(C)(C)C)nc(-c2cnn(C)c2C)n1. The van der Waals surface area contributed by atoms with Crippen molar-refractivity contribution in [3.05, 3.63) is 23.7 Å². The molecule has 0 aliphatic rings. The van der Waals surface area contributed by atoms with E-state index in [0.717, 1.165) is 35.1 Å². The quantitative estimate of drug-likeness (QED) is 0.934. The minimum Gasteiger partial charge on any atom is -0.370 e. The topological polar surface area (TPSA) is 55.6 Å². The number of aromatic nitrogens is 4. The molecule has 20 heavy (non-hydrogen) atoms. The molecule has 0 bridgehead atoms. The molecule has 1 N–H and O–H groups in total. The zero-order chi connectivity index (χ0) is 14.9. The van der Waals surface area contributed by atoms with Gasteiger partial charge in [0.05, 0.1) is 17.5 Å². The summed E-state index contributed by atoms with van der Waals surface area (Å²) in [6.07, 6.45) is 1.83. The van der Waals surface area contributed by atoms with Crippen molar-refractivity contribution >= 4 is 5.82 Å². The molecule has 2 heterocycles. The highest BCUT2D eigenvalue weighted by Gasteiger charge is 2.19. The third-order valence-electron chi connectivity index (χ3n) is 3.33. The van der Waals surface area contributed by atoms with Crippen molar-refractivity contribution in [1.29, 1.82) is 0 Å². The van der Waals surface area contributed by atoms with Crippen LogP contribution in [0.4, 0.5) is 5.82 Å². The van der Waals surface area contributed by atoms with Gasteiger partial charge in [-0.05, 0) is 13.8 Å². The first kappa shape index (κ1) is 14.5. The Morgan fingerprint density at radius 3 is 2.45 bits per heavy atom. The van der Waals surface area contributed by atoms with Gasteiger partial charge in [0.25, 0.3) is 0 Å². The summed E-state index contributed by atoms with van der Waals surface area (Å²) in [6, 6.07) is 2.03. The molecule has 0 aliphatic heterocycles. The van der Waals surface area contributed by atoms with Gasteiger partial charge in [0.2, 0.25) is 0 Å². The molecule has 2 rings (SSSR count). The average Bonchev–Trinajstić information content (AvgIpc) is 2.69. The Kier molecular flexibility index (Phi) is 3.79. The summed E-state index contributed by atoms with van der Waals surface area (Å²) in [5.74, 6) is 1.60. The summed E-state index contributed by atoms with van der Waals surface area (Å²) in [6.45, 7) is 11.4. The molecule has 0 radical (unpaired) electrons. The Morgan fingerprint density at radius 2 is 1.95 bits per heavy atom. The van der Waals surface area contributed by atoms with Crippen LogP contribution in [0, 0.1) is 6.92 Å². The number of aryl methyl sites for hydroxylation is 1. The maximum absolute atomic E-state index is 4.73. The van der Waals surface area contributed by atoms with Gasteiger partial charge < -0.3 is 5.32 Å². The van der Waals surface area contributed by atoms with E-state index in [2.05, 4.69) is 43.1 Å². The van der Waals surface area contributed by atoms with Gasteiger partial charge in [-0.3, -0.25) is 4.68 Å². The fourth-order valence-electron chi connectivity index (χ4n) is 1.94. The number of hydrogen-bond donors (Lipinski definition) is 1. The summed E-state index contributed by atoms with van der Waals surface area (Å²) >= 11 is 0. The van der Waals surface area contributed by atoms with E-state index in [-0.39, 0.29) is 5.41 Å². The Morgan fingerprint density at radius 1 is 1.25 bits per heavy atom. The molecule has 5 heteroatoms. The van der Waals surface area contributed by atoms with Crippen molar-refractivity contribution in [2.24, 2.45) is 7.05 Å². The molecule has 0 spiro atoms. The molecule has 0 atom stereocenters. The summed E-state index contributed by atoms with van der Waals surface area (Å²) in [7, 11) is 1.93. The van der Waals surface area contributed by atoms with Gasteiger partial charge in [0.15, 0.2) is 5.82 Å². The van der Waals surface area contributed by atoms with E-state index in [1.165, 1.54) is 0 Å². The highest BCUT2D eigenvalue weighted by Crippen LogP contribution is 2.26. The Bertz CT molecular complexity index is 607. The van der Waals surface area contributed by atoms with E-state index in [0.29, 0.717) is 0 Å². The standard InChI is InChI=1S/C15H23N5/c1-7-16-13-8-12(15(3,4)5)18-14(19-13)11-9-17-20(6)10(11)2/h8-9H,7H2,1-6H3,(H,16,18,19). The van der Waals surface area contributed by atoms with Crippen LogP contribution in [0.15, 0.2) is 12.3 Å². The van der Waals surface area contributed by atoms with Crippen LogP contribution in [-0.4, -0.2) is 26.3 Å². The third-order valence-corrected chi connectivity index (χ3v) is 3.33. The molecule has 5 nitrogen and oxygen atoms in total. The van der Waals surface area contributed by atoms with Gasteiger partial charge in [0, 0.05) is 30.8 Å². The lowest BCUT2D eigenvalue weighted by atomic mass is 9.92. The van der Waals surface area contributed by atoms with E-state index in [1.54, 1.807) is 0 Å². The van der Waals surface area contributed by atoms with Crippen molar-refractivity contribution in [2.75, 3.05) is 11.9 Å². The van der Waals surface area contributed by atoms with Gasteiger partial charge >= 0.3 is 0 Å². The number of nitrogens with one attached hydrogen (secondary N) is 1. The van der Waals surface area contributed by atoms with Crippen molar-refractivity contribution in [3.63, 3.8) is 0 Å². The van der Waals surface area contributed by atoms with E-state index < -0.39 is 0 Å². The molecule has 108 valence electrons. The monoisotopic (exact) mass is 273 g/mol. The van der Waals surface area contributed by atoms with Crippen molar-refractivity contribution in [2.45, 2.75) is 40.0 Å². The van der Waals surface area contributed by atoms with Crippen molar-refractivity contribution in [3.8, 4) is 11.4 Å². The van der Waals surface area contributed by atoms with Gasteiger partial charge in [-0.25, -0.2) is 9.97 Å². The van der Waals surface area contributed by atoms with E-state index in [1.807, 2.05) is 30.9 Å². The second kappa shape index (κ2) is 5.23. The van der Waals surface area contributed by atoms with Crippen LogP contribution >= 0.6 is 0 Å². The number of rotatable bonds is 3. The van der Waals surface area contributed by atoms with Gasteiger partial charge in [-0.15, -0.1) is 0 Å². The highest BCUT2D eigenvalue weighted by atomic mass is 15.3. The molecule has 0 amide bonds. The summed E-state index contributed by atoms with van der Waals surface area (Å²) in [4.78, 5) is 9.33. The molecule has 0 aliphatic carbocycles. The summed E-state index contributed by atoms with van der Waals surface area (Å²) in [5, 5.41) is 7.55. The summed E-state index contributed by atoms with van der Waals surface area (Å²) in [5.41, 5.74) is 3.07. The van der Waals surface area contributed by atoms with Gasteiger partial charge in [0.1, 0.15) is 5.82 Å². The molecule has 2 aromatic heterocycles. The first-order valence-corrected chi connectivity index (χ1v) is 6.95. The van der Waals surface area contributed by atoms with Crippen LogP contribution in [0.25, 0.3) is 11.4 Å². The molecular formula is C15H23N5. The second-order valence-electron chi connectivity index (χ2n) is 6.01. The van der Waals surface area contributed by atoms with Crippen LogP contribution in [0.5, 0.6) is 0 Å². The normalized spacial score (nSPS) is 11.7. The zero-order valence-electron chi connectivity index (χ0n) is 13.2. The largest absolute Gasteiger partial charge is 0.370 e. The first-order valence-electron chi connectivity index (χ1n) is 6.95. The number of anilines is 1. The minimum absolute atomic E-state index is 0.0159. The summed E-state index contributed by atoms with van der Waals surface area (Å²) < 4.78 is 1.84. The predicted molar refractivity (Wildman–Crippen MR) is 81.8 cm³/mol. The minimum atomic E-state index is -0.0159. The first-order chi connectivity index (χ1) is 9.32. The smallest absolute Gasteiger partial charge is 0.165 e. The highest BCUT2D eigenvalue weighted by molar-refractivity contribution is 5.59. The number of hydrogen-bond acceptors (Lipinski definition) is 4. The molecule has 0 aromatic carbocycles. The zero-order valence-corrected chi connectivity index (χ0v) is 13.2. The van der Waals surface area contributed by atoms with Crippen molar-refractivity contribution < 1.29 is 0 Å². The molecular weight excluding hydrogens is 250 g/mol. The average molecular weight is 273 g/mol.